The smallest absolute Gasteiger partial charge is 0.226 e. The van der Waals surface area contributed by atoms with Crippen LogP contribution in [-0.2, 0) is 10.2 Å². The number of para-hydroxylation sites is 1. The van der Waals surface area contributed by atoms with E-state index < -0.39 is 0 Å². The Morgan fingerprint density at radius 3 is 2.33 bits per heavy atom. The summed E-state index contributed by atoms with van der Waals surface area (Å²) in [6, 6.07) is 14.2. The standard InChI is InChI=1S/C21H28N2O/c1-15-9-8-12-18(16(15)2)22-14-13-20(24)23-19-11-7-6-10-17(19)21(3,4)5/h6-12,22H,13-14H2,1-5H3,(H,23,24). The van der Waals surface area contributed by atoms with Gasteiger partial charge in [0.25, 0.3) is 0 Å². The summed E-state index contributed by atoms with van der Waals surface area (Å²) in [6.45, 7) is 11.3. The van der Waals surface area contributed by atoms with Crippen LogP contribution in [0.5, 0.6) is 0 Å². The Hall–Kier alpha value is -2.29. The van der Waals surface area contributed by atoms with Gasteiger partial charge in [0, 0.05) is 24.3 Å². The lowest BCUT2D eigenvalue weighted by molar-refractivity contribution is -0.115. The fraction of sp³-hybridized carbons (Fsp3) is 0.381. The molecule has 0 unspecified atom stereocenters. The van der Waals surface area contributed by atoms with Crippen molar-refractivity contribution in [2.45, 2.75) is 46.5 Å². The van der Waals surface area contributed by atoms with Crippen LogP contribution in [0.25, 0.3) is 0 Å². The van der Waals surface area contributed by atoms with Gasteiger partial charge in [-0.2, -0.15) is 0 Å². The minimum atomic E-state index is 0.000794. The first-order chi connectivity index (χ1) is 11.3. The number of carbonyl (C=O) groups excluding carboxylic acids is 1. The van der Waals surface area contributed by atoms with Gasteiger partial charge in [-0.1, -0.05) is 51.1 Å². The topological polar surface area (TPSA) is 41.1 Å². The number of amides is 1. The molecule has 0 atom stereocenters. The molecular formula is C21H28N2O. The minimum absolute atomic E-state index is 0.000794. The Morgan fingerprint density at radius 2 is 1.62 bits per heavy atom. The van der Waals surface area contributed by atoms with Gasteiger partial charge in [-0.05, 0) is 48.1 Å². The summed E-state index contributed by atoms with van der Waals surface area (Å²) in [4.78, 5) is 12.3. The molecule has 2 rings (SSSR count). The monoisotopic (exact) mass is 324 g/mol. The molecule has 3 heteroatoms. The van der Waals surface area contributed by atoms with Gasteiger partial charge in [0.05, 0.1) is 0 Å². The van der Waals surface area contributed by atoms with E-state index in [4.69, 9.17) is 0 Å². The molecular weight excluding hydrogens is 296 g/mol. The van der Waals surface area contributed by atoms with Crippen LogP contribution in [0.1, 0.15) is 43.9 Å². The molecule has 0 aliphatic rings. The zero-order valence-electron chi connectivity index (χ0n) is 15.4. The van der Waals surface area contributed by atoms with Crippen molar-refractivity contribution >= 4 is 17.3 Å². The van der Waals surface area contributed by atoms with Gasteiger partial charge in [-0.15, -0.1) is 0 Å². The van der Waals surface area contributed by atoms with Crippen LogP contribution in [0.15, 0.2) is 42.5 Å². The predicted molar refractivity (Wildman–Crippen MR) is 103 cm³/mol. The van der Waals surface area contributed by atoms with Crippen LogP contribution in [0.4, 0.5) is 11.4 Å². The van der Waals surface area contributed by atoms with Crippen molar-refractivity contribution in [1.29, 1.82) is 0 Å². The lowest BCUT2D eigenvalue weighted by atomic mass is 9.86. The van der Waals surface area contributed by atoms with Gasteiger partial charge >= 0.3 is 0 Å². The first-order valence-corrected chi connectivity index (χ1v) is 8.48. The maximum absolute atomic E-state index is 12.3. The van der Waals surface area contributed by atoms with E-state index in [1.54, 1.807) is 0 Å². The molecule has 2 aromatic rings. The van der Waals surface area contributed by atoms with Crippen LogP contribution in [-0.4, -0.2) is 12.5 Å². The van der Waals surface area contributed by atoms with Gasteiger partial charge in [0.1, 0.15) is 0 Å². The molecule has 0 saturated carbocycles. The molecule has 24 heavy (non-hydrogen) atoms. The Bertz CT molecular complexity index is 714. The van der Waals surface area contributed by atoms with Crippen LogP contribution >= 0.6 is 0 Å². The Labute approximate surface area is 145 Å². The highest BCUT2D eigenvalue weighted by atomic mass is 16.1. The van der Waals surface area contributed by atoms with Crippen molar-refractivity contribution in [2.75, 3.05) is 17.2 Å². The highest BCUT2D eigenvalue weighted by Gasteiger charge is 2.18. The second-order valence-electron chi connectivity index (χ2n) is 7.27. The average Bonchev–Trinajstić information content (AvgIpc) is 2.51. The summed E-state index contributed by atoms with van der Waals surface area (Å²) in [5, 5.41) is 6.40. The predicted octanol–water partition coefficient (Wildman–Crippen LogP) is 5.04. The maximum atomic E-state index is 12.3. The molecule has 0 bridgehead atoms. The van der Waals surface area contributed by atoms with E-state index in [1.807, 2.05) is 24.3 Å². The van der Waals surface area contributed by atoms with Gasteiger partial charge < -0.3 is 10.6 Å². The van der Waals surface area contributed by atoms with E-state index in [1.165, 1.54) is 11.1 Å². The van der Waals surface area contributed by atoms with Crippen molar-refractivity contribution in [3.63, 3.8) is 0 Å². The molecule has 0 spiro atoms. The molecule has 0 radical (unpaired) electrons. The molecule has 0 heterocycles. The summed E-state index contributed by atoms with van der Waals surface area (Å²) < 4.78 is 0. The molecule has 3 nitrogen and oxygen atoms in total. The quantitative estimate of drug-likeness (QED) is 0.809. The van der Waals surface area contributed by atoms with Crippen LogP contribution in [0.3, 0.4) is 0 Å². The highest BCUT2D eigenvalue weighted by molar-refractivity contribution is 5.92. The third kappa shape index (κ3) is 4.60. The number of anilines is 2. The van der Waals surface area contributed by atoms with E-state index in [-0.39, 0.29) is 11.3 Å². The van der Waals surface area contributed by atoms with E-state index >= 15 is 0 Å². The molecule has 1 amide bonds. The van der Waals surface area contributed by atoms with E-state index in [0.29, 0.717) is 13.0 Å². The Kier molecular flexibility index (Phi) is 5.66. The summed E-state index contributed by atoms with van der Waals surface area (Å²) in [6.07, 6.45) is 0.436. The van der Waals surface area contributed by atoms with Crippen LogP contribution < -0.4 is 10.6 Å². The van der Waals surface area contributed by atoms with E-state index in [2.05, 4.69) is 63.5 Å². The van der Waals surface area contributed by atoms with Crippen molar-refractivity contribution in [1.82, 2.24) is 0 Å². The number of benzene rings is 2. The zero-order chi connectivity index (χ0) is 17.7. The number of rotatable bonds is 5. The highest BCUT2D eigenvalue weighted by Crippen LogP contribution is 2.29. The average molecular weight is 324 g/mol. The fourth-order valence-corrected chi connectivity index (χ4v) is 2.71. The summed E-state index contributed by atoms with van der Waals surface area (Å²) >= 11 is 0. The molecule has 2 N–H and O–H groups in total. The van der Waals surface area contributed by atoms with Gasteiger partial charge in [-0.25, -0.2) is 0 Å². The lowest BCUT2D eigenvalue weighted by Gasteiger charge is -2.23. The minimum Gasteiger partial charge on any atom is -0.384 e. The second kappa shape index (κ2) is 7.52. The largest absolute Gasteiger partial charge is 0.384 e. The Balaban J connectivity index is 1.94. The summed E-state index contributed by atoms with van der Waals surface area (Å²) in [5.41, 5.74) is 5.64. The number of hydrogen-bond donors (Lipinski definition) is 2. The molecule has 0 aliphatic carbocycles. The van der Waals surface area contributed by atoms with Gasteiger partial charge in [0.15, 0.2) is 0 Å². The molecule has 0 aromatic heterocycles. The van der Waals surface area contributed by atoms with Crippen molar-refractivity contribution in [3.05, 3.63) is 59.2 Å². The van der Waals surface area contributed by atoms with Gasteiger partial charge in [-0.3, -0.25) is 4.79 Å². The zero-order valence-corrected chi connectivity index (χ0v) is 15.4. The van der Waals surface area contributed by atoms with Crippen LogP contribution in [0, 0.1) is 13.8 Å². The number of carbonyl (C=O) groups is 1. The number of aryl methyl sites for hydroxylation is 1. The Morgan fingerprint density at radius 1 is 0.958 bits per heavy atom. The van der Waals surface area contributed by atoms with E-state index in [0.717, 1.165) is 16.9 Å². The number of hydrogen-bond acceptors (Lipinski definition) is 2. The second-order valence-corrected chi connectivity index (χ2v) is 7.27. The molecule has 0 saturated heterocycles. The number of nitrogens with one attached hydrogen (secondary N) is 2. The first kappa shape index (κ1) is 18.1. The molecule has 0 fully saturated rings. The summed E-state index contributed by atoms with van der Waals surface area (Å²) in [5.74, 6) is 0.0320. The van der Waals surface area contributed by atoms with Crippen molar-refractivity contribution < 1.29 is 4.79 Å². The SMILES string of the molecule is Cc1cccc(NCCC(=O)Nc2ccccc2C(C)(C)C)c1C. The van der Waals surface area contributed by atoms with E-state index in [9.17, 15) is 4.79 Å². The van der Waals surface area contributed by atoms with Crippen molar-refractivity contribution in [2.24, 2.45) is 0 Å². The molecule has 0 aliphatic heterocycles. The third-order valence-corrected chi connectivity index (χ3v) is 4.28. The molecule has 2 aromatic carbocycles. The van der Waals surface area contributed by atoms with Gasteiger partial charge in [0.2, 0.25) is 5.91 Å². The normalized spacial score (nSPS) is 11.2. The summed E-state index contributed by atoms with van der Waals surface area (Å²) in [7, 11) is 0. The fourth-order valence-electron chi connectivity index (χ4n) is 2.71. The molecule has 128 valence electrons. The lowest BCUT2D eigenvalue weighted by Crippen LogP contribution is -2.20. The van der Waals surface area contributed by atoms with Crippen LogP contribution in [0.2, 0.25) is 0 Å². The van der Waals surface area contributed by atoms with Crippen molar-refractivity contribution in [3.8, 4) is 0 Å². The third-order valence-electron chi connectivity index (χ3n) is 4.28. The first-order valence-electron chi connectivity index (χ1n) is 8.48. The maximum Gasteiger partial charge on any atom is 0.226 e.